The molecule has 0 aliphatic rings. The molecule has 0 atom stereocenters. The Bertz CT molecular complexity index is 2660. The van der Waals surface area contributed by atoms with Gasteiger partial charge in [-0.2, -0.15) is 21.0 Å². The summed E-state index contributed by atoms with van der Waals surface area (Å²) >= 11 is 0. The van der Waals surface area contributed by atoms with Crippen molar-refractivity contribution in [1.29, 1.82) is 21.0 Å². The number of hydrogen-bond donors (Lipinski definition) is 0. The number of nitrogens with zero attached hydrogens (tertiary/aromatic N) is 6. The molecule has 8 aromatic rings. The first-order valence-electron chi connectivity index (χ1n) is 14.6. The van der Waals surface area contributed by atoms with Crippen molar-refractivity contribution in [2.45, 2.75) is 0 Å². The Morgan fingerprint density at radius 2 is 0.935 bits per heavy atom. The maximum Gasteiger partial charge on any atom is 0.101 e. The Morgan fingerprint density at radius 3 is 1.50 bits per heavy atom. The Hall–Kier alpha value is -7.12. The van der Waals surface area contributed by atoms with Gasteiger partial charge in [-0.15, -0.1) is 0 Å². The predicted octanol–water partition coefficient (Wildman–Crippen LogP) is 9.03. The van der Waals surface area contributed by atoms with Gasteiger partial charge in [-0.25, -0.2) is 0 Å². The number of para-hydroxylation sites is 2. The van der Waals surface area contributed by atoms with Crippen molar-refractivity contribution in [3.63, 3.8) is 0 Å². The van der Waals surface area contributed by atoms with Gasteiger partial charge in [-0.1, -0.05) is 42.5 Å². The molecule has 0 fully saturated rings. The van der Waals surface area contributed by atoms with Crippen LogP contribution < -0.4 is 0 Å². The van der Waals surface area contributed by atoms with Gasteiger partial charge in [0.25, 0.3) is 0 Å². The molecule has 0 N–H and O–H groups in total. The SMILES string of the molecule is N#Cc1ccc2c(c1)c1ccccc1n2-c1ccc(-c2cccc(C#N)c2-n2c3ccc(C#N)cc3c3cc(C#N)ccc32)cc1. The second-order valence-electron chi connectivity index (χ2n) is 11.1. The van der Waals surface area contributed by atoms with Crippen molar-refractivity contribution in [3.05, 3.63) is 144 Å². The number of fused-ring (bicyclic) bond motifs is 6. The third-order valence-electron chi connectivity index (χ3n) is 8.64. The first kappa shape index (κ1) is 26.5. The number of nitriles is 4. The summed E-state index contributed by atoms with van der Waals surface area (Å²) in [5, 5.41) is 42.9. The molecule has 0 unspecified atom stereocenters. The predicted molar refractivity (Wildman–Crippen MR) is 179 cm³/mol. The molecule has 0 saturated carbocycles. The highest BCUT2D eigenvalue weighted by molar-refractivity contribution is 6.11. The van der Waals surface area contributed by atoms with Crippen molar-refractivity contribution in [1.82, 2.24) is 9.13 Å². The molecule has 6 nitrogen and oxygen atoms in total. The summed E-state index contributed by atoms with van der Waals surface area (Å²) < 4.78 is 4.27. The zero-order valence-electron chi connectivity index (χ0n) is 24.2. The van der Waals surface area contributed by atoms with Crippen molar-refractivity contribution in [3.8, 4) is 46.8 Å². The van der Waals surface area contributed by atoms with Gasteiger partial charge in [-0.3, -0.25) is 0 Å². The summed E-state index contributed by atoms with van der Waals surface area (Å²) in [6, 6.07) is 48.1. The first-order valence-corrected chi connectivity index (χ1v) is 14.6. The summed E-state index contributed by atoms with van der Waals surface area (Å²) in [6.07, 6.45) is 0. The molecular formula is C40H20N6. The van der Waals surface area contributed by atoms with E-state index in [1.807, 2.05) is 72.8 Å². The Kier molecular flexibility index (Phi) is 5.91. The smallest absolute Gasteiger partial charge is 0.101 e. The van der Waals surface area contributed by atoms with Crippen LogP contribution in [0.25, 0.3) is 66.1 Å². The van der Waals surface area contributed by atoms with Gasteiger partial charge in [0.15, 0.2) is 0 Å². The molecule has 0 bridgehead atoms. The van der Waals surface area contributed by atoms with Crippen LogP contribution >= 0.6 is 0 Å². The summed E-state index contributed by atoms with van der Waals surface area (Å²) in [7, 11) is 0. The normalized spacial score (nSPS) is 11.0. The van der Waals surface area contributed by atoms with Crippen LogP contribution in [0.15, 0.2) is 121 Å². The first-order chi connectivity index (χ1) is 22.6. The number of aromatic nitrogens is 2. The van der Waals surface area contributed by atoms with Crippen molar-refractivity contribution in [2.75, 3.05) is 0 Å². The number of rotatable bonds is 3. The Balaban J connectivity index is 1.35. The Morgan fingerprint density at radius 1 is 0.413 bits per heavy atom. The van der Waals surface area contributed by atoms with E-state index in [0.29, 0.717) is 22.3 Å². The third-order valence-corrected chi connectivity index (χ3v) is 8.64. The molecule has 0 saturated heterocycles. The highest BCUT2D eigenvalue weighted by Crippen LogP contribution is 2.39. The van der Waals surface area contributed by atoms with Gasteiger partial charge in [0.05, 0.1) is 68.2 Å². The molecule has 2 heterocycles. The lowest BCUT2D eigenvalue weighted by Crippen LogP contribution is -2.01. The van der Waals surface area contributed by atoms with E-state index in [1.54, 1.807) is 12.1 Å². The van der Waals surface area contributed by atoms with Crippen LogP contribution in [-0.4, -0.2) is 9.13 Å². The molecule has 0 amide bonds. The third kappa shape index (κ3) is 3.86. The average molecular weight is 585 g/mol. The largest absolute Gasteiger partial charge is 0.309 e. The molecular weight excluding hydrogens is 564 g/mol. The summed E-state index contributed by atoms with van der Waals surface area (Å²) in [5.41, 5.74) is 9.41. The second-order valence-corrected chi connectivity index (χ2v) is 11.1. The minimum absolute atomic E-state index is 0.504. The molecule has 0 aliphatic heterocycles. The summed E-state index contributed by atoms with van der Waals surface area (Å²) in [6.45, 7) is 0. The molecule has 0 spiro atoms. The van der Waals surface area contributed by atoms with E-state index in [4.69, 9.17) is 0 Å². The van der Waals surface area contributed by atoms with E-state index < -0.39 is 0 Å². The van der Waals surface area contributed by atoms with Crippen molar-refractivity contribution >= 4 is 43.6 Å². The van der Waals surface area contributed by atoms with Crippen molar-refractivity contribution in [2.24, 2.45) is 0 Å². The monoisotopic (exact) mass is 584 g/mol. The van der Waals surface area contributed by atoms with Crippen LogP contribution in [0.2, 0.25) is 0 Å². The number of hydrogen-bond acceptors (Lipinski definition) is 4. The van der Waals surface area contributed by atoms with E-state index in [9.17, 15) is 21.0 Å². The van der Waals surface area contributed by atoms with E-state index in [0.717, 1.165) is 66.1 Å². The zero-order valence-corrected chi connectivity index (χ0v) is 24.2. The average Bonchev–Trinajstić information content (AvgIpc) is 3.62. The van der Waals surface area contributed by atoms with Gasteiger partial charge in [0.2, 0.25) is 0 Å². The lowest BCUT2D eigenvalue weighted by Gasteiger charge is -2.16. The van der Waals surface area contributed by atoms with E-state index in [2.05, 4.69) is 69.8 Å². The fraction of sp³-hybridized carbons (Fsp3) is 0. The van der Waals surface area contributed by atoms with E-state index in [1.165, 1.54) is 0 Å². The molecule has 6 heteroatoms. The molecule has 8 rings (SSSR count). The highest BCUT2D eigenvalue weighted by Gasteiger charge is 2.20. The fourth-order valence-electron chi connectivity index (χ4n) is 6.62. The van der Waals surface area contributed by atoms with Crippen LogP contribution in [0.5, 0.6) is 0 Å². The van der Waals surface area contributed by atoms with Crippen LogP contribution in [0.4, 0.5) is 0 Å². The minimum atomic E-state index is 0.504. The van der Waals surface area contributed by atoms with E-state index in [-0.39, 0.29) is 0 Å². The molecule has 210 valence electrons. The van der Waals surface area contributed by atoms with Gasteiger partial charge in [0, 0.05) is 32.8 Å². The topological polar surface area (TPSA) is 105 Å². The highest BCUT2D eigenvalue weighted by atomic mass is 15.0. The quantitative estimate of drug-likeness (QED) is 0.207. The van der Waals surface area contributed by atoms with Gasteiger partial charge < -0.3 is 9.13 Å². The van der Waals surface area contributed by atoms with Crippen LogP contribution in [-0.2, 0) is 0 Å². The minimum Gasteiger partial charge on any atom is -0.309 e. The second kappa shape index (κ2) is 10.3. The maximum absolute atomic E-state index is 10.3. The fourth-order valence-corrected chi connectivity index (χ4v) is 6.62. The zero-order chi connectivity index (χ0) is 31.4. The molecule has 46 heavy (non-hydrogen) atoms. The molecule has 6 aromatic carbocycles. The van der Waals surface area contributed by atoms with Crippen LogP contribution in [0.1, 0.15) is 22.3 Å². The Labute approximate surface area is 263 Å². The van der Waals surface area contributed by atoms with Gasteiger partial charge in [-0.05, 0) is 84.4 Å². The maximum atomic E-state index is 10.3. The van der Waals surface area contributed by atoms with Crippen molar-refractivity contribution < 1.29 is 0 Å². The number of benzene rings is 6. The van der Waals surface area contributed by atoms with Gasteiger partial charge >= 0.3 is 0 Å². The molecule has 0 radical (unpaired) electrons. The van der Waals surface area contributed by atoms with E-state index >= 15 is 0 Å². The van der Waals surface area contributed by atoms with Crippen LogP contribution in [0.3, 0.4) is 0 Å². The summed E-state index contributed by atoms with van der Waals surface area (Å²) in [4.78, 5) is 0. The molecule has 0 aliphatic carbocycles. The summed E-state index contributed by atoms with van der Waals surface area (Å²) in [5.74, 6) is 0. The molecule has 2 aromatic heterocycles. The lowest BCUT2D eigenvalue weighted by molar-refractivity contribution is 1.16. The lowest BCUT2D eigenvalue weighted by atomic mass is 9.99. The van der Waals surface area contributed by atoms with Gasteiger partial charge in [0.1, 0.15) is 6.07 Å². The van der Waals surface area contributed by atoms with Crippen LogP contribution in [0, 0.1) is 45.3 Å². The standard InChI is InChI=1S/C40H20N6/c41-21-25-8-15-37-33(18-25)32-5-1-2-7-36(32)45(37)30-13-11-28(12-14-30)31-6-3-4-29(24-44)40(31)46-38-16-9-26(22-42)19-34(38)35-20-27(23-43)10-17-39(35)46/h1-20H.